The Kier molecular flexibility index (Phi) is 5.62. The van der Waals surface area contributed by atoms with Gasteiger partial charge in [-0.3, -0.25) is 4.98 Å². The Bertz CT molecular complexity index is 559. The first-order valence-electron chi connectivity index (χ1n) is 7.07. The van der Waals surface area contributed by atoms with E-state index < -0.39 is 0 Å². The van der Waals surface area contributed by atoms with Crippen molar-refractivity contribution in [3.8, 4) is 0 Å². The summed E-state index contributed by atoms with van der Waals surface area (Å²) in [6.07, 6.45) is 0. The van der Waals surface area contributed by atoms with Gasteiger partial charge in [0.25, 0.3) is 0 Å². The average Bonchev–Trinajstić information content (AvgIpc) is 2.50. The number of para-hydroxylation sites is 1. The van der Waals surface area contributed by atoms with Crippen LogP contribution in [0.4, 0.5) is 5.69 Å². The Morgan fingerprint density at radius 2 is 2.05 bits per heavy atom. The molecule has 20 heavy (non-hydrogen) atoms. The molecule has 1 aromatic heterocycles. The number of ether oxygens (including phenoxy) is 1. The Balaban J connectivity index is 2.38. The zero-order chi connectivity index (χ0) is 14.4. The average molecular weight is 293 g/mol. The van der Waals surface area contributed by atoms with Crippen LogP contribution in [-0.2, 0) is 10.6 Å². The molecular weight excluding hydrogens is 272 g/mol. The van der Waals surface area contributed by atoms with Crippen LogP contribution in [0, 0.1) is 0 Å². The van der Waals surface area contributed by atoms with E-state index in [2.05, 4.69) is 28.9 Å². The largest absolute Gasteiger partial charge is 0.380 e. The topological polar surface area (TPSA) is 25.4 Å². The fraction of sp³-hybridized carbons (Fsp3) is 0.438. The summed E-state index contributed by atoms with van der Waals surface area (Å²) in [5.41, 5.74) is 3.10. The second-order valence-electron chi connectivity index (χ2n) is 4.56. The number of hydrogen-bond acceptors (Lipinski definition) is 3. The van der Waals surface area contributed by atoms with Crippen molar-refractivity contribution >= 4 is 28.2 Å². The Morgan fingerprint density at radius 3 is 2.75 bits per heavy atom. The summed E-state index contributed by atoms with van der Waals surface area (Å²) in [4.78, 5) is 6.89. The fourth-order valence-electron chi connectivity index (χ4n) is 2.31. The number of halogens is 1. The standard InChI is InChI=1S/C16H21ClN2O/c1-3-19(9-10-20-4-2)16-11-13(12-17)18-15-8-6-5-7-14(15)16/h5-8,11H,3-4,9-10,12H2,1-2H3. The second kappa shape index (κ2) is 7.46. The van der Waals surface area contributed by atoms with Gasteiger partial charge in [-0.2, -0.15) is 0 Å². The highest BCUT2D eigenvalue weighted by molar-refractivity contribution is 6.17. The van der Waals surface area contributed by atoms with Gasteiger partial charge in [0, 0.05) is 30.8 Å². The number of nitrogens with zero attached hydrogens (tertiary/aromatic N) is 2. The van der Waals surface area contributed by atoms with Crippen molar-refractivity contribution in [2.24, 2.45) is 0 Å². The molecule has 0 amide bonds. The first-order chi connectivity index (χ1) is 9.80. The minimum absolute atomic E-state index is 0.431. The SMILES string of the molecule is CCOCCN(CC)c1cc(CCl)nc2ccccc12. The summed E-state index contributed by atoms with van der Waals surface area (Å²) >= 11 is 5.97. The van der Waals surface area contributed by atoms with E-state index >= 15 is 0 Å². The first-order valence-corrected chi connectivity index (χ1v) is 7.60. The molecular formula is C16H21ClN2O. The molecule has 0 saturated heterocycles. The second-order valence-corrected chi connectivity index (χ2v) is 4.83. The quantitative estimate of drug-likeness (QED) is 0.573. The van der Waals surface area contributed by atoms with Gasteiger partial charge in [0.05, 0.1) is 23.7 Å². The lowest BCUT2D eigenvalue weighted by Crippen LogP contribution is -2.27. The van der Waals surface area contributed by atoms with Gasteiger partial charge >= 0.3 is 0 Å². The lowest BCUT2D eigenvalue weighted by molar-refractivity contribution is 0.154. The number of hydrogen-bond donors (Lipinski definition) is 0. The molecule has 0 aliphatic carbocycles. The van der Waals surface area contributed by atoms with Gasteiger partial charge in [-0.15, -0.1) is 11.6 Å². The van der Waals surface area contributed by atoms with E-state index in [4.69, 9.17) is 16.3 Å². The zero-order valence-electron chi connectivity index (χ0n) is 12.1. The zero-order valence-corrected chi connectivity index (χ0v) is 12.9. The summed E-state index contributed by atoms with van der Waals surface area (Å²) in [5, 5.41) is 1.17. The number of benzene rings is 1. The summed E-state index contributed by atoms with van der Waals surface area (Å²) in [7, 11) is 0. The number of likely N-dealkylation sites (N-methyl/N-ethyl adjacent to an activating group) is 1. The molecule has 4 heteroatoms. The van der Waals surface area contributed by atoms with Crippen LogP contribution in [0.5, 0.6) is 0 Å². The highest BCUT2D eigenvalue weighted by Crippen LogP contribution is 2.27. The van der Waals surface area contributed by atoms with Crippen LogP contribution < -0.4 is 4.90 Å². The molecule has 3 nitrogen and oxygen atoms in total. The predicted molar refractivity (Wildman–Crippen MR) is 85.7 cm³/mol. The van der Waals surface area contributed by atoms with Crippen molar-refractivity contribution in [3.63, 3.8) is 0 Å². The fourth-order valence-corrected chi connectivity index (χ4v) is 2.45. The molecule has 1 heterocycles. The van der Waals surface area contributed by atoms with Crippen molar-refractivity contribution in [1.82, 2.24) is 4.98 Å². The summed E-state index contributed by atoms with van der Waals surface area (Å²) in [6, 6.07) is 10.3. The van der Waals surface area contributed by atoms with E-state index in [1.165, 1.54) is 11.1 Å². The summed E-state index contributed by atoms with van der Waals surface area (Å²) in [6.45, 7) is 7.47. The molecule has 0 radical (unpaired) electrons. The number of alkyl halides is 1. The van der Waals surface area contributed by atoms with Gasteiger partial charge in [-0.1, -0.05) is 18.2 Å². The van der Waals surface area contributed by atoms with Crippen LogP contribution >= 0.6 is 11.6 Å². The van der Waals surface area contributed by atoms with Crippen molar-refractivity contribution in [2.75, 3.05) is 31.2 Å². The Hall–Kier alpha value is -1.32. The van der Waals surface area contributed by atoms with Crippen molar-refractivity contribution in [3.05, 3.63) is 36.0 Å². The molecule has 0 fully saturated rings. The van der Waals surface area contributed by atoms with Crippen molar-refractivity contribution in [2.45, 2.75) is 19.7 Å². The molecule has 0 unspecified atom stereocenters. The molecule has 2 rings (SSSR count). The minimum Gasteiger partial charge on any atom is -0.380 e. The maximum absolute atomic E-state index is 5.97. The Labute approximate surface area is 125 Å². The van der Waals surface area contributed by atoms with Crippen LogP contribution in [0.25, 0.3) is 10.9 Å². The maximum Gasteiger partial charge on any atom is 0.0726 e. The molecule has 0 atom stereocenters. The lowest BCUT2D eigenvalue weighted by Gasteiger charge is -2.25. The molecule has 0 N–H and O–H groups in total. The van der Waals surface area contributed by atoms with E-state index in [1.54, 1.807) is 0 Å². The molecule has 0 saturated carbocycles. The molecule has 0 aliphatic heterocycles. The Morgan fingerprint density at radius 1 is 1.25 bits per heavy atom. The van der Waals surface area contributed by atoms with Gasteiger partial charge in [0.2, 0.25) is 0 Å². The summed E-state index contributed by atoms with van der Waals surface area (Å²) < 4.78 is 5.47. The van der Waals surface area contributed by atoms with Gasteiger partial charge in [0.1, 0.15) is 0 Å². The summed E-state index contributed by atoms with van der Waals surface area (Å²) in [5.74, 6) is 0.431. The van der Waals surface area contributed by atoms with Gasteiger partial charge in [0.15, 0.2) is 0 Å². The molecule has 0 aliphatic rings. The molecule has 108 valence electrons. The highest BCUT2D eigenvalue weighted by Gasteiger charge is 2.11. The van der Waals surface area contributed by atoms with Gasteiger partial charge < -0.3 is 9.64 Å². The van der Waals surface area contributed by atoms with Crippen LogP contribution in [0.1, 0.15) is 19.5 Å². The first kappa shape index (κ1) is 15.1. The number of rotatable bonds is 7. The molecule has 0 bridgehead atoms. The number of anilines is 1. The van der Waals surface area contributed by atoms with E-state index in [0.29, 0.717) is 5.88 Å². The third-order valence-corrected chi connectivity index (χ3v) is 3.59. The van der Waals surface area contributed by atoms with E-state index in [0.717, 1.165) is 37.5 Å². The van der Waals surface area contributed by atoms with E-state index in [-0.39, 0.29) is 0 Å². The van der Waals surface area contributed by atoms with Crippen LogP contribution in [0.2, 0.25) is 0 Å². The molecule has 0 spiro atoms. The van der Waals surface area contributed by atoms with E-state index in [9.17, 15) is 0 Å². The number of aromatic nitrogens is 1. The predicted octanol–water partition coefficient (Wildman–Crippen LogP) is 3.84. The third kappa shape index (κ3) is 3.41. The third-order valence-electron chi connectivity index (χ3n) is 3.32. The normalized spacial score (nSPS) is 10.9. The van der Waals surface area contributed by atoms with Crippen LogP contribution in [0.3, 0.4) is 0 Å². The monoisotopic (exact) mass is 292 g/mol. The van der Waals surface area contributed by atoms with Gasteiger partial charge in [-0.05, 0) is 26.0 Å². The van der Waals surface area contributed by atoms with Gasteiger partial charge in [-0.25, -0.2) is 0 Å². The van der Waals surface area contributed by atoms with Crippen LogP contribution in [0.15, 0.2) is 30.3 Å². The highest BCUT2D eigenvalue weighted by atomic mass is 35.5. The lowest BCUT2D eigenvalue weighted by atomic mass is 10.1. The number of fused-ring (bicyclic) bond motifs is 1. The molecule has 2 aromatic rings. The van der Waals surface area contributed by atoms with E-state index in [1.807, 2.05) is 25.1 Å². The smallest absolute Gasteiger partial charge is 0.0726 e. The minimum atomic E-state index is 0.431. The molecule has 1 aromatic carbocycles. The van der Waals surface area contributed by atoms with Crippen molar-refractivity contribution < 1.29 is 4.74 Å². The number of pyridine rings is 1. The van der Waals surface area contributed by atoms with Crippen LogP contribution in [-0.4, -0.2) is 31.3 Å². The maximum atomic E-state index is 5.97. The van der Waals surface area contributed by atoms with Crippen molar-refractivity contribution in [1.29, 1.82) is 0 Å².